The second-order valence-corrected chi connectivity index (χ2v) is 8.52. The Bertz CT molecular complexity index is 962. The van der Waals surface area contributed by atoms with Crippen molar-refractivity contribution in [3.05, 3.63) is 69.0 Å². The van der Waals surface area contributed by atoms with E-state index in [1.165, 1.54) is 34.6 Å². The fourth-order valence-electron chi connectivity index (χ4n) is 2.93. The van der Waals surface area contributed by atoms with Gasteiger partial charge in [-0.1, -0.05) is 23.7 Å². The van der Waals surface area contributed by atoms with Crippen LogP contribution in [-0.2, 0) is 16.6 Å². The van der Waals surface area contributed by atoms with E-state index in [1.807, 2.05) is 4.90 Å². The molecule has 1 aliphatic heterocycles. The number of nitro benzene ring substituents is 1. The largest absolute Gasteiger partial charge is 0.296 e. The van der Waals surface area contributed by atoms with Gasteiger partial charge in [-0.05, 0) is 23.8 Å². The first-order chi connectivity index (χ1) is 12.8. The quantitative estimate of drug-likeness (QED) is 0.556. The van der Waals surface area contributed by atoms with Crippen LogP contribution in [0.4, 0.5) is 10.1 Å². The van der Waals surface area contributed by atoms with E-state index in [-0.39, 0.29) is 23.7 Å². The Morgan fingerprint density at radius 1 is 1.11 bits per heavy atom. The molecule has 3 rings (SSSR count). The van der Waals surface area contributed by atoms with E-state index < -0.39 is 20.8 Å². The van der Waals surface area contributed by atoms with Gasteiger partial charge in [0, 0.05) is 49.9 Å². The summed E-state index contributed by atoms with van der Waals surface area (Å²) in [5.41, 5.74) is 0.508. The molecule has 0 aromatic heterocycles. The van der Waals surface area contributed by atoms with Gasteiger partial charge < -0.3 is 0 Å². The highest BCUT2D eigenvalue weighted by Crippen LogP contribution is 2.23. The Kier molecular flexibility index (Phi) is 5.75. The van der Waals surface area contributed by atoms with Crippen molar-refractivity contribution in [3.63, 3.8) is 0 Å². The number of benzene rings is 2. The lowest BCUT2D eigenvalue weighted by atomic mass is 10.2. The molecule has 10 heteroatoms. The number of nitro groups is 1. The second-order valence-electron chi connectivity index (χ2n) is 6.17. The van der Waals surface area contributed by atoms with Gasteiger partial charge in [0.2, 0.25) is 10.0 Å². The number of nitrogens with zero attached hydrogens (tertiary/aromatic N) is 3. The molecular formula is C17H17ClFN3O4S. The van der Waals surface area contributed by atoms with Crippen LogP contribution in [0.2, 0.25) is 5.02 Å². The maximum Gasteiger partial charge on any atom is 0.270 e. The molecule has 1 aliphatic rings. The highest BCUT2D eigenvalue weighted by molar-refractivity contribution is 7.89. The van der Waals surface area contributed by atoms with Crippen molar-refractivity contribution in [2.24, 2.45) is 0 Å². The summed E-state index contributed by atoms with van der Waals surface area (Å²) in [6, 6.07) is 9.24. The zero-order chi connectivity index (χ0) is 19.6. The van der Waals surface area contributed by atoms with Crippen molar-refractivity contribution in [1.29, 1.82) is 0 Å². The van der Waals surface area contributed by atoms with Gasteiger partial charge in [-0.25, -0.2) is 12.8 Å². The van der Waals surface area contributed by atoms with Gasteiger partial charge in [0.05, 0.1) is 9.82 Å². The number of hydrogen-bond acceptors (Lipinski definition) is 5. The zero-order valence-corrected chi connectivity index (χ0v) is 15.8. The fraction of sp³-hybridized carbons (Fsp3) is 0.294. The molecule has 0 N–H and O–H groups in total. The van der Waals surface area contributed by atoms with Crippen LogP contribution in [-0.4, -0.2) is 48.7 Å². The smallest absolute Gasteiger partial charge is 0.270 e. The first kappa shape index (κ1) is 19.7. The third kappa shape index (κ3) is 4.44. The lowest BCUT2D eigenvalue weighted by Crippen LogP contribution is -2.48. The SMILES string of the molecule is O=[N+]([O-])c1cccc(S(=O)(=O)N2CCN(Cc3ccc(F)cc3Cl)CC2)c1. The molecule has 2 aromatic carbocycles. The van der Waals surface area contributed by atoms with Gasteiger partial charge in [0.15, 0.2) is 0 Å². The Morgan fingerprint density at radius 2 is 1.81 bits per heavy atom. The minimum Gasteiger partial charge on any atom is -0.296 e. The third-order valence-corrected chi connectivity index (χ3v) is 6.65. The molecule has 1 fully saturated rings. The van der Waals surface area contributed by atoms with Gasteiger partial charge in [-0.3, -0.25) is 15.0 Å². The standard InChI is InChI=1S/C17H17ClFN3O4S/c18-17-10-14(19)5-4-13(17)12-20-6-8-21(9-7-20)27(25,26)16-3-1-2-15(11-16)22(23)24/h1-5,10-11H,6-9,12H2. The van der Waals surface area contributed by atoms with Crippen molar-refractivity contribution in [2.75, 3.05) is 26.2 Å². The van der Waals surface area contributed by atoms with Crippen LogP contribution in [0.25, 0.3) is 0 Å². The third-order valence-electron chi connectivity index (χ3n) is 4.41. The molecule has 0 spiro atoms. The topological polar surface area (TPSA) is 83.8 Å². The molecule has 1 saturated heterocycles. The molecule has 0 bridgehead atoms. The summed E-state index contributed by atoms with van der Waals surface area (Å²) in [7, 11) is -3.80. The summed E-state index contributed by atoms with van der Waals surface area (Å²) in [5, 5.41) is 11.2. The molecule has 7 nitrogen and oxygen atoms in total. The number of rotatable bonds is 5. The van der Waals surface area contributed by atoms with Crippen molar-refractivity contribution in [1.82, 2.24) is 9.21 Å². The highest BCUT2D eigenvalue weighted by atomic mass is 35.5. The van der Waals surface area contributed by atoms with Crippen LogP contribution < -0.4 is 0 Å². The predicted molar refractivity (Wildman–Crippen MR) is 98.5 cm³/mol. The number of sulfonamides is 1. The summed E-state index contributed by atoms with van der Waals surface area (Å²) in [4.78, 5) is 12.2. The van der Waals surface area contributed by atoms with Crippen LogP contribution in [0.3, 0.4) is 0 Å². The number of non-ortho nitro benzene ring substituents is 1. The van der Waals surface area contributed by atoms with E-state index in [2.05, 4.69) is 0 Å². The van der Waals surface area contributed by atoms with Crippen LogP contribution in [0.5, 0.6) is 0 Å². The average Bonchev–Trinajstić information content (AvgIpc) is 2.64. The van der Waals surface area contributed by atoms with E-state index in [0.717, 1.165) is 11.6 Å². The monoisotopic (exact) mass is 413 g/mol. The second kappa shape index (κ2) is 7.89. The van der Waals surface area contributed by atoms with Crippen LogP contribution >= 0.6 is 11.6 Å². The molecule has 144 valence electrons. The Labute approximate surface area is 161 Å². The van der Waals surface area contributed by atoms with Crippen molar-refractivity contribution in [2.45, 2.75) is 11.4 Å². The fourth-order valence-corrected chi connectivity index (χ4v) is 4.61. The van der Waals surface area contributed by atoms with Crippen molar-refractivity contribution < 1.29 is 17.7 Å². The molecule has 0 atom stereocenters. The van der Waals surface area contributed by atoms with Gasteiger partial charge in [-0.15, -0.1) is 0 Å². The molecule has 0 saturated carbocycles. The Hall–Kier alpha value is -2.07. The van der Waals surface area contributed by atoms with Crippen LogP contribution in [0.15, 0.2) is 47.4 Å². The Balaban J connectivity index is 1.67. The van der Waals surface area contributed by atoms with Crippen molar-refractivity contribution in [3.8, 4) is 0 Å². The van der Waals surface area contributed by atoms with Gasteiger partial charge in [0.1, 0.15) is 5.82 Å². The van der Waals surface area contributed by atoms with E-state index in [4.69, 9.17) is 11.6 Å². The van der Waals surface area contributed by atoms with Gasteiger partial charge >= 0.3 is 0 Å². The van der Waals surface area contributed by atoms with Gasteiger partial charge in [-0.2, -0.15) is 4.31 Å². The summed E-state index contributed by atoms with van der Waals surface area (Å²) >= 11 is 6.04. The predicted octanol–water partition coefficient (Wildman–Crippen LogP) is 2.89. The molecule has 0 amide bonds. The summed E-state index contributed by atoms with van der Waals surface area (Å²) < 4.78 is 39.9. The van der Waals surface area contributed by atoms with E-state index in [9.17, 15) is 22.9 Å². The van der Waals surface area contributed by atoms with E-state index in [0.29, 0.717) is 24.7 Å². The van der Waals surface area contributed by atoms with E-state index in [1.54, 1.807) is 6.07 Å². The van der Waals surface area contributed by atoms with Crippen LogP contribution in [0, 0.1) is 15.9 Å². The number of hydrogen-bond donors (Lipinski definition) is 0. The molecular weight excluding hydrogens is 397 g/mol. The number of halogens is 2. The molecule has 0 radical (unpaired) electrons. The van der Waals surface area contributed by atoms with Crippen molar-refractivity contribution >= 4 is 27.3 Å². The minimum absolute atomic E-state index is 0.0910. The normalized spacial score (nSPS) is 16.4. The molecule has 0 unspecified atom stereocenters. The summed E-state index contributed by atoms with van der Waals surface area (Å²) in [5.74, 6) is -0.406. The first-order valence-corrected chi connectivity index (χ1v) is 10.00. The lowest BCUT2D eigenvalue weighted by Gasteiger charge is -2.34. The first-order valence-electron chi connectivity index (χ1n) is 8.18. The summed E-state index contributed by atoms with van der Waals surface area (Å²) in [6.45, 7) is 1.95. The molecule has 27 heavy (non-hydrogen) atoms. The zero-order valence-electron chi connectivity index (χ0n) is 14.2. The van der Waals surface area contributed by atoms with Gasteiger partial charge in [0.25, 0.3) is 5.69 Å². The highest BCUT2D eigenvalue weighted by Gasteiger charge is 2.29. The van der Waals surface area contributed by atoms with E-state index >= 15 is 0 Å². The average molecular weight is 414 g/mol. The minimum atomic E-state index is -3.80. The van der Waals surface area contributed by atoms with Crippen LogP contribution in [0.1, 0.15) is 5.56 Å². The summed E-state index contributed by atoms with van der Waals surface area (Å²) in [6.07, 6.45) is 0. The lowest BCUT2D eigenvalue weighted by molar-refractivity contribution is -0.385. The maximum atomic E-state index is 13.1. The number of piperazine rings is 1. The molecule has 2 aromatic rings. The Morgan fingerprint density at radius 3 is 2.44 bits per heavy atom. The molecule has 1 heterocycles. The maximum absolute atomic E-state index is 13.1. The molecule has 0 aliphatic carbocycles.